The van der Waals surface area contributed by atoms with Crippen molar-refractivity contribution in [1.82, 2.24) is 65.7 Å². The van der Waals surface area contributed by atoms with Crippen LogP contribution in [0.4, 0.5) is 0 Å². The molecule has 12 saturated heterocycles. The van der Waals surface area contributed by atoms with Gasteiger partial charge in [0.15, 0.2) is 41.0 Å². The number of piperidine rings is 12. The van der Waals surface area contributed by atoms with Crippen molar-refractivity contribution in [1.29, 1.82) is 0 Å². The first-order chi connectivity index (χ1) is 42.5. The predicted molar refractivity (Wildman–Crippen MR) is 329 cm³/mol. The van der Waals surface area contributed by atoms with Crippen LogP contribution < -0.4 is 21.3 Å². The third-order valence-corrected chi connectivity index (χ3v) is 19.8. The van der Waals surface area contributed by atoms with Crippen LogP contribution in [0.3, 0.4) is 0 Å². The highest BCUT2D eigenvalue weighted by Gasteiger charge is 2.39. The fourth-order valence-electron chi connectivity index (χ4n) is 14.8. The van der Waals surface area contributed by atoms with Crippen molar-refractivity contribution in [3.63, 3.8) is 0 Å². The standard InChI is InChI=1S/C20H28N4O2.C16H19N3O2.2C15H17N3O2/c1-3-23(4-2)13-18-22-19-15(6-5-7-17(19)26-18)20(25)21-16-12-24-10-8-14(16)9-11-24;1-10-17-15-12(3-2-4-14(15)21-10)16(20)18-13-9-19-7-5-11(13)6-8-19;2*19-15(11-2-1-3-13-14(11)16-9-20-13)17-12-8-18-6-4-10(12)5-7-18/h5-7,14,16H,3-4,8-13H2,1-2H3,(H,21,25);2-4,11,13H,5-9H2,1H3,(H,18,20);2*1-3,9-10,12H,4-8H2,(H,17,19). The van der Waals surface area contributed by atoms with Crippen LogP contribution in [0.2, 0.25) is 0 Å². The van der Waals surface area contributed by atoms with Gasteiger partial charge in [-0.3, -0.25) is 24.1 Å². The number of aryl methyl sites for hydroxylation is 1. The van der Waals surface area contributed by atoms with Crippen molar-refractivity contribution in [2.45, 2.75) is 103 Å². The average molecular weight is 1180 g/mol. The van der Waals surface area contributed by atoms with Gasteiger partial charge in [0.25, 0.3) is 23.6 Å². The highest BCUT2D eigenvalue weighted by molar-refractivity contribution is 6.06. The quantitative estimate of drug-likeness (QED) is 0.0914. The van der Waals surface area contributed by atoms with E-state index >= 15 is 0 Å². The van der Waals surface area contributed by atoms with Gasteiger partial charge in [0.05, 0.1) is 28.8 Å². The topological polar surface area (TPSA) is 237 Å². The van der Waals surface area contributed by atoms with Crippen LogP contribution in [-0.2, 0) is 6.54 Å². The number of carbonyl (C=O) groups is 4. The van der Waals surface area contributed by atoms with Crippen molar-refractivity contribution in [2.75, 3.05) is 91.6 Å². The van der Waals surface area contributed by atoms with E-state index in [-0.39, 0.29) is 47.8 Å². The number of fused-ring (bicyclic) bond motifs is 16. The summed E-state index contributed by atoms with van der Waals surface area (Å²) < 4.78 is 21.9. The number of benzene rings is 4. The molecule has 4 unspecified atom stereocenters. The number of nitrogens with zero attached hydrogens (tertiary/aromatic N) is 9. The molecule has 4 atom stereocenters. The lowest BCUT2D eigenvalue weighted by molar-refractivity contribution is 0.0618. The fraction of sp³-hybridized carbons (Fsp3) is 0.515. The van der Waals surface area contributed by atoms with Gasteiger partial charge in [-0.2, -0.15) is 0 Å². The van der Waals surface area contributed by atoms with Crippen molar-refractivity contribution < 1.29 is 36.8 Å². The zero-order valence-electron chi connectivity index (χ0n) is 50.3. The number of hydrogen-bond donors (Lipinski definition) is 4. The minimum Gasteiger partial charge on any atom is -0.443 e. The molecule has 4 aromatic carbocycles. The van der Waals surface area contributed by atoms with E-state index in [1.807, 2.05) is 72.8 Å². The molecule has 4 amide bonds. The summed E-state index contributed by atoms with van der Waals surface area (Å²) in [5, 5.41) is 12.8. The molecular weight excluding hydrogens is 1100 g/mol. The molecule has 4 N–H and O–H groups in total. The van der Waals surface area contributed by atoms with Gasteiger partial charge in [0, 0.05) is 57.3 Å². The van der Waals surface area contributed by atoms with Crippen molar-refractivity contribution >= 4 is 68.0 Å². The van der Waals surface area contributed by atoms with Gasteiger partial charge in [-0.25, -0.2) is 19.9 Å². The highest BCUT2D eigenvalue weighted by atomic mass is 16.4. The maximum Gasteiger partial charge on any atom is 0.253 e. The molecule has 8 bridgehead atoms. The monoisotopic (exact) mass is 1180 g/mol. The fourth-order valence-corrected chi connectivity index (χ4v) is 14.8. The molecule has 20 rings (SSSR count). The predicted octanol–water partition coefficient (Wildman–Crippen LogP) is 7.76. The van der Waals surface area contributed by atoms with Gasteiger partial charge in [-0.05, 0) is 189 Å². The van der Waals surface area contributed by atoms with E-state index in [1.54, 1.807) is 6.92 Å². The number of hydrogen-bond acceptors (Lipinski definition) is 17. The number of rotatable bonds is 12. The smallest absolute Gasteiger partial charge is 0.253 e. The van der Waals surface area contributed by atoms with E-state index in [0.717, 1.165) is 39.3 Å². The van der Waals surface area contributed by atoms with E-state index in [2.05, 4.69) is 79.6 Å². The zero-order valence-corrected chi connectivity index (χ0v) is 50.3. The molecule has 4 aromatic heterocycles. The Balaban J connectivity index is 0.000000108. The van der Waals surface area contributed by atoms with E-state index in [4.69, 9.17) is 17.7 Å². The second-order valence-corrected chi connectivity index (χ2v) is 25.0. The van der Waals surface area contributed by atoms with Crippen molar-refractivity contribution in [3.8, 4) is 0 Å². The van der Waals surface area contributed by atoms with Crippen LogP contribution in [0.1, 0.15) is 118 Å². The Morgan fingerprint density at radius 2 is 0.770 bits per heavy atom. The van der Waals surface area contributed by atoms with Gasteiger partial charge in [0.2, 0.25) is 5.89 Å². The summed E-state index contributed by atoms with van der Waals surface area (Å²) in [6.45, 7) is 21.9. The SMILES string of the molecule is CCN(CC)Cc1nc2c(C(=O)NC3CN4CCC3CC4)cccc2o1.Cc1nc2c(C(=O)NC3CN4CCC3CC4)cccc2o1.O=C(NC1CN2CCC1CC2)c1cccc2ocnc12.O=C(NC1CN2CCC1CC2)c1cccc2ocnc12. The molecule has 458 valence electrons. The lowest BCUT2D eigenvalue weighted by atomic mass is 9.84. The molecule has 0 spiro atoms. The number of carbonyl (C=O) groups excluding carboxylic acids is 4. The van der Waals surface area contributed by atoms with Gasteiger partial charge in [-0.1, -0.05) is 38.1 Å². The third-order valence-electron chi connectivity index (χ3n) is 19.8. The van der Waals surface area contributed by atoms with Gasteiger partial charge < -0.3 is 58.5 Å². The van der Waals surface area contributed by atoms with E-state index in [1.165, 1.54) is 117 Å². The second-order valence-electron chi connectivity index (χ2n) is 25.0. The molecule has 21 nitrogen and oxygen atoms in total. The molecule has 12 aliphatic heterocycles. The van der Waals surface area contributed by atoms with E-state index in [9.17, 15) is 19.2 Å². The summed E-state index contributed by atoms with van der Waals surface area (Å²) >= 11 is 0. The van der Waals surface area contributed by atoms with Crippen LogP contribution >= 0.6 is 0 Å². The molecule has 21 heteroatoms. The Morgan fingerprint density at radius 1 is 0.448 bits per heavy atom. The maximum atomic E-state index is 12.9. The average Bonchev–Trinajstić information content (AvgIpc) is 4.52. The molecule has 0 aliphatic carbocycles. The van der Waals surface area contributed by atoms with Crippen LogP contribution in [0.5, 0.6) is 0 Å². The van der Waals surface area contributed by atoms with Crippen LogP contribution in [-0.4, -0.2) is 184 Å². The summed E-state index contributed by atoms with van der Waals surface area (Å²) in [7, 11) is 0. The zero-order chi connectivity index (χ0) is 59.5. The number of aromatic nitrogens is 4. The Hall–Kier alpha value is -7.56. The second kappa shape index (κ2) is 26.0. The minimum absolute atomic E-state index is 0.0305. The first-order valence-electron chi connectivity index (χ1n) is 31.7. The summed E-state index contributed by atoms with van der Waals surface area (Å²) in [6.07, 6.45) is 12.3. The Morgan fingerprint density at radius 3 is 1.10 bits per heavy atom. The number of oxazole rings is 4. The number of nitrogens with one attached hydrogen (secondary N) is 4. The molecule has 87 heavy (non-hydrogen) atoms. The summed E-state index contributed by atoms with van der Waals surface area (Å²) in [5.41, 5.74) is 7.75. The first kappa shape index (κ1) is 58.5. The largest absolute Gasteiger partial charge is 0.443 e. The molecule has 8 aromatic rings. The van der Waals surface area contributed by atoms with Gasteiger partial charge >= 0.3 is 0 Å². The molecule has 16 heterocycles. The Labute approximate surface area is 506 Å². The summed E-state index contributed by atoms with van der Waals surface area (Å²) in [4.78, 5) is 79.8. The number of para-hydroxylation sites is 4. The van der Waals surface area contributed by atoms with Gasteiger partial charge in [-0.15, -0.1) is 0 Å². The Bertz CT molecular complexity index is 3590. The van der Waals surface area contributed by atoms with Crippen molar-refractivity contribution in [3.05, 3.63) is 120 Å². The van der Waals surface area contributed by atoms with Crippen LogP contribution in [0.25, 0.3) is 44.4 Å². The summed E-state index contributed by atoms with van der Waals surface area (Å²) in [6, 6.07) is 23.1. The van der Waals surface area contributed by atoms with Crippen LogP contribution in [0, 0.1) is 30.6 Å². The maximum absolute atomic E-state index is 12.9. The summed E-state index contributed by atoms with van der Waals surface area (Å²) in [5.74, 6) is 3.60. The normalized spacial score (nSPS) is 27.4. The van der Waals surface area contributed by atoms with Crippen LogP contribution in [0.15, 0.2) is 103 Å². The highest BCUT2D eigenvalue weighted by Crippen LogP contribution is 2.33. The van der Waals surface area contributed by atoms with Gasteiger partial charge in [0.1, 0.15) is 22.1 Å². The number of amides is 4. The third kappa shape index (κ3) is 12.9. The Kier molecular flexibility index (Phi) is 17.5. The molecule has 0 radical (unpaired) electrons. The van der Waals surface area contributed by atoms with E-state index < -0.39 is 0 Å². The molecule has 0 saturated carbocycles. The van der Waals surface area contributed by atoms with Crippen molar-refractivity contribution in [2.24, 2.45) is 23.7 Å². The lowest BCUT2D eigenvalue weighted by Crippen LogP contribution is -2.57. The van der Waals surface area contributed by atoms with E-state index in [0.29, 0.717) is 109 Å². The molecule has 12 aliphatic rings. The minimum atomic E-state index is -0.0387. The lowest BCUT2D eigenvalue weighted by Gasteiger charge is -2.44. The molecule has 12 fully saturated rings. The molecular formula is C66H81N13O8. The first-order valence-corrected chi connectivity index (χ1v) is 31.7.